The molecule has 2 aromatic carbocycles. The second kappa shape index (κ2) is 8.79. The molecule has 0 spiro atoms. The monoisotopic (exact) mass is 404 g/mol. The van der Waals surface area contributed by atoms with Crippen LogP contribution in [0.2, 0.25) is 0 Å². The predicted octanol–water partition coefficient (Wildman–Crippen LogP) is 5.09. The number of thioether (sulfide) groups is 1. The molecule has 0 aliphatic carbocycles. The maximum Gasteiger partial charge on any atom is 0.226 e. The number of aromatic nitrogens is 4. The summed E-state index contributed by atoms with van der Waals surface area (Å²) in [6.07, 6.45) is 3.52. The van der Waals surface area contributed by atoms with Crippen molar-refractivity contribution in [3.8, 4) is 28.6 Å². The summed E-state index contributed by atoms with van der Waals surface area (Å²) in [6, 6.07) is 17.6. The molecule has 0 saturated carbocycles. The van der Waals surface area contributed by atoms with Gasteiger partial charge in [0.2, 0.25) is 5.89 Å². The van der Waals surface area contributed by atoms with Gasteiger partial charge in [0.15, 0.2) is 11.0 Å². The second-order valence-corrected chi connectivity index (χ2v) is 7.18. The average molecular weight is 404 g/mol. The topological polar surface area (TPSA) is 66.0 Å². The van der Waals surface area contributed by atoms with E-state index in [9.17, 15) is 0 Å². The molecule has 0 saturated heterocycles. The third-order valence-corrected chi connectivity index (χ3v) is 5.30. The standard InChI is InChI=1S/C22H20N4O2S/c1-3-13-26-20(16-7-5-4-6-8-16)24-25-22(26)29-15-18-14-28-21(23-18)17-9-11-19(27-2)12-10-17/h3-12,14H,1,13,15H2,2H3. The Morgan fingerprint density at radius 1 is 1.07 bits per heavy atom. The number of ether oxygens (including phenoxy) is 1. The number of nitrogens with zero attached hydrogens (tertiary/aromatic N) is 4. The van der Waals surface area contributed by atoms with Gasteiger partial charge in [0.05, 0.1) is 12.8 Å². The summed E-state index contributed by atoms with van der Waals surface area (Å²) in [4.78, 5) is 4.59. The third-order valence-electron chi connectivity index (χ3n) is 4.30. The highest BCUT2D eigenvalue weighted by Crippen LogP contribution is 2.28. The predicted molar refractivity (Wildman–Crippen MR) is 114 cm³/mol. The van der Waals surface area contributed by atoms with Crippen molar-refractivity contribution in [1.29, 1.82) is 0 Å². The smallest absolute Gasteiger partial charge is 0.226 e. The first-order valence-electron chi connectivity index (χ1n) is 9.09. The zero-order valence-corrected chi connectivity index (χ0v) is 16.8. The van der Waals surface area contributed by atoms with E-state index in [1.165, 1.54) is 0 Å². The van der Waals surface area contributed by atoms with Gasteiger partial charge in [-0.3, -0.25) is 4.57 Å². The van der Waals surface area contributed by atoms with E-state index in [4.69, 9.17) is 9.15 Å². The molecule has 4 rings (SSSR count). The number of benzene rings is 2. The molecule has 2 aromatic heterocycles. The van der Waals surface area contributed by atoms with Gasteiger partial charge in [0.25, 0.3) is 0 Å². The van der Waals surface area contributed by atoms with Crippen molar-refractivity contribution < 1.29 is 9.15 Å². The molecule has 0 amide bonds. The lowest BCUT2D eigenvalue weighted by Gasteiger charge is -2.07. The molecule has 0 bridgehead atoms. The summed E-state index contributed by atoms with van der Waals surface area (Å²) < 4.78 is 12.9. The minimum Gasteiger partial charge on any atom is -0.497 e. The highest BCUT2D eigenvalue weighted by atomic mass is 32.2. The minimum absolute atomic E-state index is 0.584. The van der Waals surface area contributed by atoms with Gasteiger partial charge in [0, 0.05) is 23.4 Å². The van der Waals surface area contributed by atoms with Crippen LogP contribution >= 0.6 is 11.8 Å². The van der Waals surface area contributed by atoms with Crippen LogP contribution in [0.15, 0.2) is 83.1 Å². The normalized spacial score (nSPS) is 10.8. The first-order valence-corrected chi connectivity index (χ1v) is 10.1. The van der Waals surface area contributed by atoms with E-state index in [-0.39, 0.29) is 0 Å². The van der Waals surface area contributed by atoms with E-state index in [1.807, 2.05) is 60.7 Å². The van der Waals surface area contributed by atoms with Gasteiger partial charge in [-0.1, -0.05) is 48.2 Å². The Hall–Kier alpha value is -3.32. The van der Waals surface area contributed by atoms with Crippen LogP contribution < -0.4 is 4.74 Å². The summed E-state index contributed by atoms with van der Waals surface area (Å²) in [5.41, 5.74) is 2.77. The molecule has 0 radical (unpaired) electrons. The molecule has 0 aliphatic heterocycles. The number of oxazole rings is 1. The number of hydrogen-bond donors (Lipinski definition) is 0. The van der Waals surface area contributed by atoms with Crippen molar-refractivity contribution in [1.82, 2.24) is 19.7 Å². The molecular weight excluding hydrogens is 384 g/mol. The zero-order valence-electron chi connectivity index (χ0n) is 16.0. The Bertz CT molecular complexity index is 1090. The molecule has 0 atom stereocenters. The van der Waals surface area contributed by atoms with E-state index < -0.39 is 0 Å². The molecule has 7 heteroatoms. The number of rotatable bonds is 8. The summed E-state index contributed by atoms with van der Waals surface area (Å²) in [5, 5.41) is 9.56. The fourth-order valence-corrected chi connectivity index (χ4v) is 3.69. The molecule has 6 nitrogen and oxygen atoms in total. The van der Waals surface area contributed by atoms with Crippen LogP contribution in [0.4, 0.5) is 0 Å². The highest BCUT2D eigenvalue weighted by molar-refractivity contribution is 7.98. The van der Waals surface area contributed by atoms with E-state index >= 15 is 0 Å². The maximum atomic E-state index is 5.64. The van der Waals surface area contributed by atoms with E-state index in [2.05, 4.69) is 26.3 Å². The van der Waals surface area contributed by atoms with Gasteiger partial charge >= 0.3 is 0 Å². The molecule has 0 unspecified atom stereocenters. The second-order valence-electron chi connectivity index (χ2n) is 6.23. The van der Waals surface area contributed by atoms with Crippen LogP contribution in [0.5, 0.6) is 5.75 Å². The minimum atomic E-state index is 0.584. The van der Waals surface area contributed by atoms with Gasteiger partial charge in [-0.05, 0) is 24.3 Å². The molecule has 29 heavy (non-hydrogen) atoms. The van der Waals surface area contributed by atoms with Crippen LogP contribution in [0.25, 0.3) is 22.8 Å². The largest absolute Gasteiger partial charge is 0.497 e. The van der Waals surface area contributed by atoms with E-state index in [0.29, 0.717) is 18.2 Å². The molecule has 4 aromatic rings. The van der Waals surface area contributed by atoms with Crippen LogP contribution in [0, 0.1) is 0 Å². The number of hydrogen-bond acceptors (Lipinski definition) is 6. The first-order chi connectivity index (χ1) is 14.3. The van der Waals surface area contributed by atoms with Crippen molar-refractivity contribution in [3.63, 3.8) is 0 Å². The maximum absolute atomic E-state index is 5.64. The third kappa shape index (κ3) is 4.25. The summed E-state index contributed by atoms with van der Waals surface area (Å²) in [6.45, 7) is 4.49. The van der Waals surface area contributed by atoms with Gasteiger partial charge in [0.1, 0.15) is 12.0 Å². The van der Waals surface area contributed by atoms with Crippen LogP contribution in [0.1, 0.15) is 5.69 Å². The summed E-state index contributed by atoms with van der Waals surface area (Å²) in [7, 11) is 1.64. The fraction of sp³-hybridized carbons (Fsp3) is 0.136. The molecule has 0 N–H and O–H groups in total. The Morgan fingerprint density at radius 2 is 1.86 bits per heavy atom. The van der Waals surface area contributed by atoms with Gasteiger partial charge in [-0.2, -0.15) is 0 Å². The summed E-state index contributed by atoms with van der Waals surface area (Å²) >= 11 is 1.57. The SMILES string of the molecule is C=CCn1c(SCc2coc(-c3ccc(OC)cc3)n2)nnc1-c1ccccc1. The molecule has 0 fully saturated rings. The highest BCUT2D eigenvalue weighted by Gasteiger charge is 2.15. The first kappa shape index (κ1) is 19.0. The molecule has 0 aliphatic rings. The molecule has 2 heterocycles. The number of allylic oxidation sites excluding steroid dienone is 1. The van der Waals surface area contributed by atoms with E-state index in [1.54, 1.807) is 25.1 Å². The van der Waals surface area contributed by atoms with Crippen molar-refractivity contribution >= 4 is 11.8 Å². The van der Waals surface area contributed by atoms with Crippen molar-refractivity contribution in [2.45, 2.75) is 17.5 Å². The Labute approximate surface area is 173 Å². The van der Waals surface area contributed by atoms with Crippen LogP contribution in [-0.2, 0) is 12.3 Å². The Kier molecular flexibility index (Phi) is 5.76. The Morgan fingerprint density at radius 3 is 2.59 bits per heavy atom. The van der Waals surface area contributed by atoms with Crippen molar-refractivity contribution in [2.24, 2.45) is 0 Å². The van der Waals surface area contributed by atoms with Crippen molar-refractivity contribution in [2.75, 3.05) is 7.11 Å². The zero-order chi connectivity index (χ0) is 20.1. The Balaban J connectivity index is 1.50. The fourth-order valence-electron chi connectivity index (χ4n) is 2.87. The average Bonchev–Trinajstić information content (AvgIpc) is 3.40. The lowest BCUT2D eigenvalue weighted by molar-refractivity contribution is 0.415. The lowest BCUT2D eigenvalue weighted by Crippen LogP contribution is -2.00. The van der Waals surface area contributed by atoms with Crippen LogP contribution in [0.3, 0.4) is 0 Å². The van der Waals surface area contributed by atoms with E-state index in [0.717, 1.165) is 33.6 Å². The van der Waals surface area contributed by atoms with Gasteiger partial charge < -0.3 is 9.15 Å². The lowest BCUT2D eigenvalue weighted by atomic mass is 10.2. The molecular formula is C22H20N4O2S. The van der Waals surface area contributed by atoms with Crippen LogP contribution in [-0.4, -0.2) is 26.9 Å². The van der Waals surface area contributed by atoms with Crippen molar-refractivity contribution in [3.05, 3.63) is 79.2 Å². The molecule has 146 valence electrons. The quantitative estimate of drug-likeness (QED) is 0.301. The van der Waals surface area contributed by atoms with Gasteiger partial charge in [-0.25, -0.2) is 4.98 Å². The van der Waals surface area contributed by atoms with Gasteiger partial charge in [-0.15, -0.1) is 16.8 Å². The summed E-state index contributed by atoms with van der Waals surface area (Å²) in [5.74, 6) is 2.84. The number of methoxy groups -OCH3 is 1.